The maximum atomic E-state index is 11.7. The van der Waals surface area contributed by atoms with Gasteiger partial charge in [0.05, 0.1) is 0 Å². The van der Waals surface area contributed by atoms with Gasteiger partial charge in [-0.1, -0.05) is 19.8 Å². The molecule has 0 spiro atoms. The Morgan fingerprint density at radius 1 is 1.10 bits per heavy atom. The highest BCUT2D eigenvalue weighted by molar-refractivity contribution is 5.94. The van der Waals surface area contributed by atoms with Crippen LogP contribution < -0.4 is 10.6 Å². The fraction of sp³-hybridized carbons (Fsp3) is 0.588. The lowest BCUT2D eigenvalue weighted by molar-refractivity contribution is -0.117. The fourth-order valence-electron chi connectivity index (χ4n) is 3.17. The smallest absolute Gasteiger partial charge is 0.227 e. The zero-order valence-corrected chi connectivity index (χ0v) is 12.2. The largest absolute Gasteiger partial charge is 0.382 e. The van der Waals surface area contributed by atoms with Crippen molar-refractivity contribution in [3.05, 3.63) is 24.3 Å². The van der Waals surface area contributed by atoms with Crippen LogP contribution in [0.15, 0.2) is 24.3 Å². The fourth-order valence-corrected chi connectivity index (χ4v) is 3.17. The third-order valence-corrected chi connectivity index (χ3v) is 4.64. The molecule has 0 radical (unpaired) electrons. The van der Waals surface area contributed by atoms with Gasteiger partial charge in [-0.3, -0.25) is 4.79 Å². The normalized spacial score (nSPS) is 25.4. The topological polar surface area (TPSA) is 41.1 Å². The van der Waals surface area contributed by atoms with E-state index < -0.39 is 0 Å². The Morgan fingerprint density at radius 2 is 1.80 bits per heavy atom. The molecule has 3 heteroatoms. The molecule has 0 bridgehead atoms. The van der Waals surface area contributed by atoms with Crippen LogP contribution in [-0.2, 0) is 4.79 Å². The maximum Gasteiger partial charge on any atom is 0.227 e. The van der Waals surface area contributed by atoms with Crippen molar-refractivity contribution in [2.75, 3.05) is 10.6 Å². The van der Waals surface area contributed by atoms with Crippen LogP contribution in [0.2, 0.25) is 0 Å². The van der Waals surface area contributed by atoms with Crippen molar-refractivity contribution in [3.8, 4) is 0 Å². The third-order valence-electron chi connectivity index (χ3n) is 4.64. The molecule has 20 heavy (non-hydrogen) atoms. The zero-order valence-electron chi connectivity index (χ0n) is 12.2. The quantitative estimate of drug-likeness (QED) is 0.849. The van der Waals surface area contributed by atoms with Crippen LogP contribution in [0.1, 0.15) is 45.4 Å². The molecule has 108 valence electrons. The first-order valence-corrected chi connectivity index (χ1v) is 7.93. The van der Waals surface area contributed by atoms with E-state index in [2.05, 4.69) is 29.7 Å². The predicted octanol–water partition coefficient (Wildman–Crippen LogP) is 4.03. The number of hydrogen-bond donors (Lipinski definition) is 2. The molecular formula is C17H24N2O. The minimum atomic E-state index is 0.174. The van der Waals surface area contributed by atoms with E-state index in [0.29, 0.717) is 6.04 Å². The van der Waals surface area contributed by atoms with Crippen LogP contribution in [0, 0.1) is 11.8 Å². The minimum Gasteiger partial charge on any atom is -0.382 e. The first-order chi connectivity index (χ1) is 9.76. The van der Waals surface area contributed by atoms with Gasteiger partial charge in [0.15, 0.2) is 0 Å². The van der Waals surface area contributed by atoms with Crippen LogP contribution in [0.25, 0.3) is 0 Å². The Kier molecular flexibility index (Phi) is 3.95. The van der Waals surface area contributed by atoms with Gasteiger partial charge in [-0.05, 0) is 55.9 Å². The van der Waals surface area contributed by atoms with Crippen LogP contribution >= 0.6 is 0 Å². The van der Waals surface area contributed by atoms with Crippen molar-refractivity contribution in [3.63, 3.8) is 0 Å². The Bertz CT molecular complexity index is 464. The summed E-state index contributed by atoms with van der Waals surface area (Å²) in [5, 5.41) is 6.62. The van der Waals surface area contributed by atoms with Crippen molar-refractivity contribution in [1.82, 2.24) is 0 Å². The van der Waals surface area contributed by atoms with E-state index in [9.17, 15) is 4.79 Å². The van der Waals surface area contributed by atoms with Gasteiger partial charge in [0.2, 0.25) is 5.91 Å². The number of carbonyl (C=O) groups is 1. The molecule has 1 amide bonds. The van der Waals surface area contributed by atoms with Crippen LogP contribution in [0.4, 0.5) is 11.4 Å². The summed E-state index contributed by atoms with van der Waals surface area (Å²) < 4.78 is 0. The molecule has 3 nitrogen and oxygen atoms in total. The standard InChI is InChI=1S/C17H24N2O/c1-2-12-4-3-5-16(12)18-14-8-10-15(11-9-14)19-17(20)13-6-7-13/h8-13,16,18H,2-7H2,1H3,(H,19,20). The average molecular weight is 272 g/mol. The minimum absolute atomic E-state index is 0.174. The number of nitrogens with one attached hydrogen (secondary N) is 2. The first kappa shape index (κ1) is 13.5. The molecule has 2 aliphatic carbocycles. The summed E-state index contributed by atoms with van der Waals surface area (Å²) in [5.74, 6) is 1.24. The second kappa shape index (κ2) is 5.86. The Labute approximate surface area is 121 Å². The van der Waals surface area contributed by atoms with Gasteiger partial charge >= 0.3 is 0 Å². The van der Waals surface area contributed by atoms with E-state index in [1.807, 2.05) is 12.1 Å². The van der Waals surface area contributed by atoms with Gasteiger partial charge < -0.3 is 10.6 Å². The number of hydrogen-bond acceptors (Lipinski definition) is 2. The molecule has 2 atom stereocenters. The van der Waals surface area contributed by atoms with Gasteiger partial charge in [-0.2, -0.15) is 0 Å². The average Bonchev–Trinajstić information content (AvgIpc) is 3.22. The second-order valence-corrected chi connectivity index (χ2v) is 6.19. The molecule has 2 fully saturated rings. The summed E-state index contributed by atoms with van der Waals surface area (Å²) in [4.78, 5) is 11.7. The predicted molar refractivity (Wildman–Crippen MR) is 82.8 cm³/mol. The lowest BCUT2D eigenvalue weighted by Crippen LogP contribution is -2.23. The highest BCUT2D eigenvalue weighted by Crippen LogP contribution is 2.32. The summed E-state index contributed by atoms with van der Waals surface area (Å²) in [6.07, 6.45) is 7.32. The summed E-state index contributed by atoms with van der Waals surface area (Å²) in [6.45, 7) is 2.28. The van der Waals surface area contributed by atoms with Crippen molar-refractivity contribution in [2.45, 2.75) is 51.5 Å². The Hall–Kier alpha value is -1.51. The molecule has 2 saturated carbocycles. The molecule has 2 aliphatic rings. The van der Waals surface area contributed by atoms with Gasteiger partial charge in [0.25, 0.3) is 0 Å². The number of rotatable bonds is 5. The monoisotopic (exact) mass is 272 g/mol. The van der Waals surface area contributed by atoms with Gasteiger partial charge in [-0.25, -0.2) is 0 Å². The molecule has 0 aliphatic heterocycles. The van der Waals surface area contributed by atoms with E-state index in [0.717, 1.165) is 24.4 Å². The van der Waals surface area contributed by atoms with Crippen LogP contribution in [0.5, 0.6) is 0 Å². The summed E-state index contributed by atoms with van der Waals surface area (Å²) in [5.41, 5.74) is 2.07. The lowest BCUT2D eigenvalue weighted by atomic mass is 10.0. The second-order valence-electron chi connectivity index (χ2n) is 6.19. The number of amides is 1. The highest BCUT2D eigenvalue weighted by atomic mass is 16.2. The zero-order chi connectivity index (χ0) is 13.9. The first-order valence-electron chi connectivity index (χ1n) is 7.93. The Morgan fingerprint density at radius 3 is 2.45 bits per heavy atom. The lowest BCUT2D eigenvalue weighted by Gasteiger charge is -2.21. The van der Waals surface area contributed by atoms with Crippen molar-refractivity contribution < 1.29 is 4.79 Å². The van der Waals surface area contributed by atoms with Crippen LogP contribution in [-0.4, -0.2) is 11.9 Å². The highest BCUT2D eigenvalue weighted by Gasteiger charge is 2.29. The summed E-state index contributed by atoms with van der Waals surface area (Å²) >= 11 is 0. The van der Waals surface area contributed by atoms with E-state index in [1.54, 1.807) is 0 Å². The van der Waals surface area contributed by atoms with Gasteiger partial charge in [0, 0.05) is 23.3 Å². The molecule has 3 rings (SSSR count). The van der Waals surface area contributed by atoms with E-state index in [1.165, 1.54) is 31.4 Å². The van der Waals surface area contributed by atoms with E-state index in [4.69, 9.17) is 0 Å². The molecule has 2 N–H and O–H groups in total. The van der Waals surface area contributed by atoms with Crippen LogP contribution in [0.3, 0.4) is 0 Å². The van der Waals surface area contributed by atoms with Crippen molar-refractivity contribution >= 4 is 17.3 Å². The van der Waals surface area contributed by atoms with E-state index in [-0.39, 0.29) is 11.8 Å². The Balaban J connectivity index is 1.56. The maximum absolute atomic E-state index is 11.7. The third kappa shape index (κ3) is 3.14. The van der Waals surface area contributed by atoms with E-state index >= 15 is 0 Å². The van der Waals surface area contributed by atoms with Gasteiger partial charge in [-0.15, -0.1) is 0 Å². The number of carbonyl (C=O) groups excluding carboxylic acids is 1. The van der Waals surface area contributed by atoms with Crippen molar-refractivity contribution in [2.24, 2.45) is 11.8 Å². The molecule has 0 heterocycles. The molecular weight excluding hydrogens is 248 g/mol. The number of benzene rings is 1. The SMILES string of the molecule is CCC1CCCC1Nc1ccc(NC(=O)C2CC2)cc1. The number of anilines is 2. The molecule has 1 aromatic carbocycles. The molecule has 0 aromatic heterocycles. The summed E-state index contributed by atoms with van der Waals surface area (Å²) in [7, 11) is 0. The molecule has 1 aromatic rings. The molecule has 0 saturated heterocycles. The molecule has 2 unspecified atom stereocenters. The van der Waals surface area contributed by atoms with Crippen molar-refractivity contribution in [1.29, 1.82) is 0 Å². The van der Waals surface area contributed by atoms with Gasteiger partial charge in [0.1, 0.15) is 0 Å². The summed E-state index contributed by atoms with van der Waals surface area (Å²) in [6, 6.07) is 8.77.